The zero-order chi connectivity index (χ0) is 34.3. The second-order valence-electron chi connectivity index (χ2n) is 19.8. The molecule has 0 saturated heterocycles. The highest BCUT2D eigenvalue weighted by Gasteiger charge is 2.51. The van der Waals surface area contributed by atoms with Crippen LogP contribution in [0.4, 0.5) is 5.69 Å². The van der Waals surface area contributed by atoms with E-state index < -0.39 is 0 Å². The molecule has 3 N–H and O–H groups in total. The van der Waals surface area contributed by atoms with E-state index in [4.69, 9.17) is 14.6 Å². The van der Waals surface area contributed by atoms with Gasteiger partial charge in [-0.15, -0.1) is 0 Å². The topological polar surface area (TPSA) is 64.3 Å². The van der Waals surface area contributed by atoms with Crippen molar-refractivity contribution in [2.75, 3.05) is 5.32 Å². The van der Waals surface area contributed by atoms with Crippen LogP contribution in [0, 0.1) is 35.5 Å². The molecule has 2 heterocycles. The minimum absolute atomic E-state index is 0.161. The number of anilines is 1. The third-order valence-corrected chi connectivity index (χ3v) is 14.0. The first-order valence-corrected chi connectivity index (χ1v) is 20.2. The molecule has 8 bridgehead atoms. The van der Waals surface area contributed by atoms with Crippen LogP contribution in [0.3, 0.4) is 0 Å². The van der Waals surface area contributed by atoms with Gasteiger partial charge in [0.1, 0.15) is 23.7 Å². The molecule has 264 valence electrons. The number of nitrogens with one attached hydrogen (secondary N) is 1. The summed E-state index contributed by atoms with van der Waals surface area (Å²) in [6.45, 7) is 13.4. The highest BCUT2D eigenvalue weighted by Crippen LogP contribution is 2.57. The summed E-state index contributed by atoms with van der Waals surface area (Å²) in [6.07, 6.45) is 20.8. The predicted molar refractivity (Wildman–Crippen MR) is 207 cm³/mol. The van der Waals surface area contributed by atoms with E-state index in [1.165, 1.54) is 99.3 Å². The lowest BCUT2D eigenvalue weighted by atomic mass is 9.53. The third-order valence-electron chi connectivity index (χ3n) is 13.4. The number of halogens is 1. The van der Waals surface area contributed by atoms with Crippen LogP contribution in [0.25, 0.3) is 21.9 Å². The van der Waals surface area contributed by atoms with Crippen molar-refractivity contribution in [1.29, 1.82) is 0 Å². The third kappa shape index (κ3) is 6.89. The Hall–Kier alpha value is -2.24. The fraction of sp³-hybridized carbons (Fsp3) is 0.636. The van der Waals surface area contributed by atoms with E-state index in [9.17, 15) is 0 Å². The fourth-order valence-corrected chi connectivity index (χ4v) is 12.2. The first kappa shape index (κ1) is 33.9. The number of benzene rings is 2. The molecule has 0 aliphatic heterocycles. The molecule has 0 spiro atoms. The monoisotopic (exact) mass is 726 g/mol. The van der Waals surface area contributed by atoms with E-state index in [0.29, 0.717) is 11.1 Å². The number of hydrogen-bond donors (Lipinski definition) is 2. The van der Waals surface area contributed by atoms with Crippen LogP contribution >= 0.6 is 15.9 Å². The van der Waals surface area contributed by atoms with Crippen molar-refractivity contribution in [3.63, 3.8) is 0 Å². The molecule has 8 aliphatic carbocycles. The lowest BCUT2D eigenvalue weighted by Crippen LogP contribution is -2.55. The maximum atomic E-state index is 6.32. The molecule has 2 aromatic heterocycles. The largest absolute Gasteiger partial charge is 0.463 e. The van der Waals surface area contributed by atoms with Crippen LogP contribution in [0.2, 0.25) is 0 Å². The molecule has 0 atom stereocenters. The minimum Gasteiger partial charge on any atom is -0.463 e. The van der Waals surface area contributed by atoms with Gasteiger partial charge in [0.2, 0.25) is 0 Å². The maximum absolute atomic E-state index is 6.32. The lowest BCUT2D eigenvalue weighted by Gasteiger charge is -2.57. The van der Waals surface area contributed by atoms with Gasteiger partial charge >= 0.3 is 0 Å². The molecule has 12 rings (SSSR count). The summed E-state index contributed by atoms with van der Waals surface area (Å²) in [5.41, 5.74) is 13.1. The van der Waals surface area contributed by atoms with Gasteiger partial charge in [-0.2, -0.15) is 0 Å². The van der Waals surface area contributed by atoms with Crippen molar-refractivity contribution in [2.24, 2.45) is 41.2 Å². The Bertz CT molecular complexity index is 1750. The standard InChI is InChI=1S/C22H29NO.C12H13BrO.C10H17N/c1-21(2,3)17-4-5-18-19(13-24-20(18)9-17)23-22-10-14-6-15(11-22)8-16(7-14)12-22;1-12(2,3)8-4-5-9-10(13)7-14-11(9)6-8;11-10-4-7-1-8(5-10)3-9(2-7)6-10/h4-5,9,13-16,23H,6-8,10-12H2,1-3H3;4-7H,1-3H3;7-9H,1-6,11H2. The van der Waals surface area contributed by atoms with Gasteiger partial charge in [0.25, 0.3) is 0 Å². The van der Waals surface area contributed by atoms with E-state index in [1.54, 1.807) is 6.26 Å². The first-order valence-electron chi connectivity index (χ1n) is 19.4. The van der Waals surface area contributed by atoms with Crippen molar-refractivity contribution >= 4 is 43.6 Å². The molecular formula is C44H59BrN2O2. The lowest BCUT2D eigenvalue weighted by molar-refractivity contribution is 0.000361. The van der Waals surface area contributed by atoms with Crippen LogP contribution in [-0.2, 0) is 10.8 Å². The Morgan fingerprint density at radius 1 is 0.612 bits per heavy atom. The molecule has 5 heteroatoms. The zero-order valence-electron chi connectivity index (χ0n) is 30.8. The summed E-state index contributed by atoms with van der Waals surface area (Å²) in [4.78, 5) is 0. The van der Waals surface area contributed by atoms with Crippen molar-refractivity contribution in [3.8, 4) is 0 Å². The number of rotatable bonds is 2. The number of fused-ring (bicyclic) bond motifs is 2. The Balaban J connectivity index is 0.000000118. The van der Waals surface area contributed by atoms with Crippen LogP contribution < -0.4 is 11.1 Å². The number of hydrogen-bond acceptors (Lipinski definition) is 4. The Morgan fingerprint density at radius 2 is 1.02 bits per heavy atom. The highest BCUT2D eigenvalue weighted by atomic mass is 79.9. The summed E-state index contributed by atoms with van der Waals surface area (Å²) in [5, 5.41) is 6.36. The minimum atomic E-state index is 0.161. The van der Waals surface area contributed by atoms with Crippen LogP contribution in [0.1, 0.15) is 130 Å². The molecule has 0 unspecified atom stereocenters. The van der Waals surface area contributed by atoms with Crippen molar-refractivity contribution < 1.29 is 8.83 Å². The molecule has 4 nitrogen and oxygen atoms in total. The molecule has 8 aliphatic rings. The Kier molecular flexibility index (Phi) is 8.42. The second-order valence-corrected chi connectivity index (χ2v) is 20.6. The number of nitrogens with two attached hydrogens (primary N) is 1. The number of furan rings is 2. The van der Waals surface area contributed by atoms with Crippen LogP contribution in [0.5, 0.6) is 0 Å². The summed E-state index contributed by atoms with van der Waals surface area (Å²) in [5.74, 6) is 5.96. The summed E-state index contributed by atoms with van der Waals surface area (Å²) in [7, 11) is 0. The molecule has 4 aromatic rings. The molecular weight excluding hydrogens is 668 g/mol. The van der Waals surface area contributed by atoms with E-state index in [-0.39, 0.29) is 10.8 Å². The van der Waals surface area contributed by atoms with Crippen molar-refractivity contribution in [1.82, 2.24) is 0 Å². The van der Waals surface area contributed by atoms with Crippen molar-refractivity contribution in [3.05, 3.63) is 64.5 Å². The van der Waals surface area contributed by atoms with Gasteiger partial charge in [0.15, 0.2) is 0 Å². The molecule has 2 aromatic carbocycles. The van der Waals surface area contributed by atoms with Gasteiger partial charge in [-0.25, -0.2) is 0 Å². The molecule has 0 radical (unpaired) electrons. The molecule has 8 saturated carbocycles. The van der Waals surface area contributed by atoms with E-state index in [0.717, 1.165) is 56.5 Å². The van der Waals surface area contributed by atoms with Gasteiger partial charge in [0, 0.05) is 21.9 Å². The van der Waals surface area contributed by atoms with E-state index in [1.807, 2.05) is 6.26 Å². The zero-order valence-corrected chi connectivity index (χ0v) is 32.4. The highest BCUT2D eigenvalue weighted by molar-refractivity contribution is 9.10. The average molecular weight is 728 g/mol. The SMILES string of the molecule is CC(C)(C)c1ccc2c(Br)coc2c1.CC(C)(C)c1ccc2c(NC34CC5CC(CC(C5)C3)C4)coc2c1.NC12CC3CC(CC(C3)C1)C2. The average Bonchev–Trinajstić information content (AvgIpc) is 3.57. The van der Waals surface area contributed by atoms with Gasteiger partial charge in [-0.05, 0) is 175 Å². The second kappa shape index (κ2) is 12.2. The summed E-state index contributed by atoms with van der Waals surface area (Å²) >= 11 is 3.45. The predicted octanol–water partition coefficient (Wildman–Crippen LogP) is 12.5. The quantitative estimate of drug-likeness (QED) is 0.216. The maximum Gasteiger partial charge on any atom is 0.136 e. The Morgan fingerprint density at radius 3 is 1.47 bits per heavy atom. The fourth-order valence-electron chi connectivity index (χ4n) is 11.8. The van der Waals surface area contributed by atoms with E-state index in [2.05, 4.69) is 99.2 Å². The van der Waals surface area contributed by atoms with Gasteiger partial charge in [-0.3, -0.25) is 0 Å². The van der Waals surface area contributed by atoms with Gasteiger partial charge < -0.3 is 19.9 Å². The normalized spacial score (nSPS) is 34.1. The van der Waals surface area contributed by atoms with Gasteiger partial charge in [0.05, 0.1) is 10.2 Å². The van der Waals surface area contributed by atoms with Gasteiger partial charge in [-0.1, -0.05) is 53.7 Å². The van der Waals surface area contributed by atoms with E-state index >= 15 is 0 Å². The van der Waals surface area contributed by atoms with Crippen LogP contribution in [-0.4, -0.2) is 11.1 Å². The van der Waals surface area contributed by atoms with Crippen molar-refractivity contribution in [2.45, 2.75) is 141 Å². The van der Waals surface area contributed by atoms with Crippen LogP contribution in [0.15, 0.2) is 62.2 Å². The summed E-state index contributed by atoms with van der Waals surface area (Å²) < 4.78 is 12.4. The Labute approximate surface area is 302 Å². The molecule has 0 amide bonds. The molecule has 49 heavy (non-hydrogen) atoms. The molecule has 8 fully saturated rings. The first-order chi connectivity index (χ1) is 23.1. The summed E-state index contributed by atoms with van der Waals surface area (Å²) in [6, 6.07) is 13.1. The smallest absolute Gasteiger partial charge is 0.136 e.